The van der Waals surface area contributed by atoms with Gasteiger partial charge >= 0.3 is 4.87 Å². The van der Waals surface area contributed by atoms with Gasteiger partial charge in [0.05, 0.1) is 29.7 Å². The second-order valence-electron chi connectivity index (χ2n) is 12.4. The number of thioether (sulfide) groups is 1. The Morgan fingerprint density at radius 2 is 1.67 bits per heavy atom. The number of amides is 3. The molecule has 3 aromatic carbocycles. The van der Waals surface area contributed by atoms with Crippen LogP contribution in [0.25, 0.3) is 0 Å². The van der Waals surface area contributed by atoms with Crippen LogP contribution in [0.3, 0.4) is 0 Å². The van der Waals surface area contributed by atoms with Crippen molar-refractivity contribution in [3.8, 4) is 11.5 Å². The zero-order valence-electron chi connectivity index (χ0n) is 25.1. The summed E-state index contributed by atoms with van der Waals surface area (Å²) in [6.45, 7) is 1.77. The summed E-state index contributed by atoms with van der Waals surface area (Å²) >= 11 is 2.84. The predicted molar refractivity (Wildman–Crippen MR) is 176 cm³/mol. The van der Waals surface area contributed by atoms with Crippen LogP contribution in [0.5, 0.6) is 11.5 Å². The van der Waals surface area contributed by atoms with Crippen molar-refractivity contribution in [1.82, 2.24) is 4.98 Å². The molecule has 2 bridgehead atoms. The Morgan fingerprint density at radius 3 is 2.41 bits per heavy atom. The van der Waals surface area contributed by atoms with Gasteiger partial charge in [-0.1, -0.05) is 47.2 Å². The number of nitrogens with zero attached hydrogens (tertiary/aromatic N) is 1. The SMILES string of the molecule is COc1ccc(NC(=O)COc2ccccc2[C@@H]2c3sc(=O)[nH]c3S[C@@H]3[C@@H]4C[C@@H]([C@@H]5C(=O)N(c6ccc(C)cc6)C(=O)[C@@H]45)[C@H]23)cc1. The molecule has 0 radical (unpaired) electrons. The van der Waals surface area contributed by atoms with Crippen LogP contribution >= 0.6 is 23.1 Å². The van der Waals surface area contributed by atoms with E-state index in [9.17, 15) is 19.2 Å². The fourth-order valence-electron chi connectivity index (χ4n) is 8.20. The molecule has 234 valence electrons. The zero-order valence-corrected chi connectivity index (χ0v) is 26.7. The number of hydrogen-bond donors (Lipinski definition) is 2. The number of benzene rings is 3. The third kappa shape index (κ3) is 4.59. The lowest BCUT2D eigenvalue weighted by Gasteiger charge is -2.43. The number of aromatic amines is 1. The van der Waals surface area contributed by atoms with Gasteiger partial charge in [0, 0.05) is 27.3 Å². The Labute approximate surface area is 273 Å². The fourth-order valence-corrected chi connectivity index (χ4v) is 11.1. The lowest BCUT2D eigenvalue weighted by Crippen LogP contribution is -2.42. The first-order valence-electron chi connectivity index (χ1n) is 15.3. The first-order valence-corrected chi connectivity index (χ1v) is 17.0. The van der Waals surface area contributed by atoms with Crippen molar-refractivity contribution in [1.29, 1.82) is 0 Å². The zero-order chi connectivity index (χ0) is 31.7. The van der Waals surface area contributed by atoms with Crippen LogP contribution in [0.1, 0.15) is 28.3 Å². The van der Waals surface area contributed by atoms with Gasteiger partial charge in [-0.3, -0.25) is 24.1 Å². The third-order valence-electron chi connectivity index (χ3n) is 10.0. The van der Waals surface area contributed by atoms with Gasteiger partial charge in [-0.25, -0.2) is 0 Å². The summed E-state index contributed by atoms with van der Waals surface area (Å²) in [5.41, 5.74) is 3.19. The largest absolute Gasteiger partial charge is 0.497 e. The van der Waals surface area contributed by atoms with E-state index in [0.29, 0.717) is 22.9 Å². The number of nitrogens with one attached hydrogen (secondary N) is 2. The van der Waals surface area contributed by atoms with Gasteiger partial charge in [-0.2, -0.15) is 0 Å². The predicted octanol–water partition coefficient (Wildman–Crippen LogP) is 5.45. The number of fused-ring (bicyclic) bond motifs is 9. The normalized spacial score (nSPS) is 27.3. The minimum atomic E-state index is -0.399. The highest BCUT2D eigenvalue weighted by Crippen LogP contribution is 2.69. The van der Waals surface area contributed by atoms with Crippen LogP contribution in [-0.4, -0.2) is 41.7 Å². The van der Waals surface area contributed by atoms with E-state index in [2.05, 4.69) is 10.3 Å². The monoisotopic (exact) mass is 653 g/mol. The van der Waals surface area contributed by atoms with Gasteiger partial charge in [0.2, 0.25) is 11.8 Å². The van der Waals surface area contributed by atoms with Gasteiger partial charge in [0.25, 0.3) is 5.91 Å². The second kappa shape index (κ2) is 11.2. The van der Waals surface area contributed by atoms with E-state index in [4.69, 9.17) is 9.47 Å². The van der Waals surface area contributed by atoms with Crippen LogP contribution in [0, 0.1) is 36.5 Å². The number of aryl methyl sites for hydroxylation is 1. The molecule has 1 saturated heterocycles. The molecule has 2 saturated carbocycles. The number of hydrogen-bond acceptors (Lipinski definition) is 8. The number of carbonyl (C=O) groups excluding carboxylic acids is 3. The first-order chi connectivity index (χ1) is 22.3. The Hall–Kier alpha value is -4.35. The van der Waals surface area contributed by atoms with Crippen molar-refractivity contribution in [2.45, 2.75) is 29.5 Å². The molecule has 0 unspecified atom stereocenters. The standard InChI is InChI=1S/C35H31N3O6S2/c1-17-7-11-19(12-8-17)38-33(40)28-22-15-23(29(28)34(38)41)30-27(22)26(31-32(45-30)37-35(42)46-31)21-5-3-4-6-24(21)44-16-25(39)36-18-9-13-20(43-2)14-10-18/h3-14,22-23,26-30H,15-16H2,1-2H3,(H,36,39)(H,37,42)/t22-,23-,26+,27-,28+,29+,30-/m1/s1. The minimum absolute atomic E-state index is 0.0132. The summed E-state index contributed by atoms with van der Waals surface area (Å²) in [5, 5.41) is 3.73. The Bertz CT molecular complexity index is 1920. The summed E-state index contributed by atoms with van der Waals surface area (Å²) in [4.78, 5) is 58.8. The smallest absolute Gasteiger partial charge is 0.305 e. The average molecular weight is 654 g/mol. The molecule has 7 atom stereocenters. The second-order valence-corrected chi connectivity index (χ2v) is 14.6. The van der Waals surface area contributed by atoms with Gasteiger partial charge in [-0.05, 0) is 73.6 Å². The van der Waals surface area contributed by atoms with E-state index in [1.165, 1.54) is 16.2 Å². The van der Waals surface area contributed by atoms with Crippen molar-refractivity contribution in [3.63, 3.8) is 0 Å². The molecule has 9 nitrogen and oxygen atoms in total. The Morgan fingerprint density at radius 1 is 0.957 bits per heavy atom. The number of carbonyl (C=O) groups is 3. The lowest BCUT2D eigenvalue weighted by atomic mass is 9.68. The molecular weight excluding hydrogens is 623 g/mol. The van der Waals surface area contributed by atoms with Crippen molar-refractivity contribution in [3.05, 3.63) is 98.5 Å². The van der Waals surface area contributed by atoms with Crippen LogP contribution in [0.15, 0.2) is 82.6 Å². The van der Waals surface area contributed by atoms with E-state index in [0.717, 1.165) is 27.5 Å². The molecule has 2 aliphatic heterocycles. The molecular formula is C35H31N3O6S2. The molecule has 3 heterocycles. The Kier molecular flexibility index (Phi) is 7.06. The van der Waals surface area contributed by atoms with E-state index < -0.39 is 5.92 Å². The van der Waals surface area contributed by atoms with Gasteiger partial charge in [-0.15, -0.1) is 11.8 Å². The number of aromatic nitrogens is 1. The average Bonchev–Trinajstić information content (AvgIpc) is 3.80. The molecule has 1 aromatic heterocycles. The quantitative estimate of drug-likeness (QED) is 0.255. The molecule has 4 aliphatic rings. The number of methoxy groups -OCH3 is 1. The number of ether oxygens (including phenoxy) is 2. The van der Waals surface area contributed by atoms with Gasteiger partial charge in [0.1, 0.15) is 11.5 Å². The first kappa shape index (κ1) is 29.1. The molecule has 3 amide bonds. The van der Waals surface area contributed by atoms with Crippen LogP contribution < -0.4 is 24.6 Å². The molecule has 11 heteroatoms. The summed E-state index contributed by atoms with van der Waals surface area (Å²) in [7, 11) is 1.58. The molecule has 2 aliphatic carbocycles. The number of imide groups is 1. The maximum absolute atomic E-state index is 14.0. The van der Waals surface area contributed by atoms with Crippen LogP contribution in [0.2, 0.25) is 0 Å². The number of para-hydroxylation sites is 1. The molecule has 3 fully saturated rings. The summed E-state index contributed by atoms with van der Waals surface area (Å²) in [6, 6.07) is 22.2. The number of thiazole rings is 1. The summed E-state index contributed by atoms with van der Waals surface area (Å²) in [5.74, 6) is -0.280. The van der Waals surface area contributed by atoms with Crippen LogP contribution in [0.4, 0.5) is 11.4 Å². The number of rotatable bonds is 7. The molecule has 46 heavy (non-hydrogen) atoms. The maximum Gasteiger partial charge on any atom is 0.305 e. The van der Waals surface area contributed by atoms with Crippen molar-refractivity contribution in [2.24, 2.45) is 29.6 Å². The molecule has 8 rings (SSSR count). The fraction of sp³-hybridized carbons (Fsp3) is 0.314. The number of H-pyrrole nitrogens is 1. The topological polar surface area (TPSA) is 118 Å². The minimum Gasteiger partial charge on any atom is -0.497 e. The van der Waals surface area contributed by atoms with E-state index >= 15 is 0 Å². The van der Waals surface area contributed by atoms with Crippen molar-refractivity contribution in [2.75, 3.05) is 23.9 Å². The van der Waals surface area contributed by atoms with Gasteiger partial charge in [0.15, 0.2) is 6.61 Å². The lowest BCUT2D eigenvalue weighted by molar-refractivity contribution is -0.123. The van der Waals surface area contributed by atoms with E-state index in [1.807, 2.05) is 55.5 Å². The number of anilines is 2. The third-order valence-corrected chi connectivity index (χ3v) is 12.6. The highest BCUT2D eigenvalue weighted by molar-refractivity contribution is 8.00. The summed E-state index contributed by atoms with van der Waals surface area (Å²) in [6.07, 6.45) is 0.792. The van der Waals surface area contributed by atoms with E-state index in [-0.39, 0.29) is 64.0 Å². The molecule has 4 aromatic rings. The maximum atomic E-state index is 14.0. The highest BCUT2D eigenvalue weighted by atomic mass is 32.2. The highest BCUT2D eigenvalue weighted by Gasteiger charge is 2.69. The summed E-state index contributed by atoms with van der Waals surface area (Å²) < 4.78 is 11.4. The molecule has 2 N–H and O–H groups in total. The Balaban J connectivity index is 1.10. The van der Waals surface area contributed by atoms with Crippen LogP contribution in [-0.2, 0) is 14.4 Å². The van der Waals surface area contributed by atoms with Gasteiger partial charge < -0.3 is 19.8 Å². The van der Waals surface area contributed by atoms with E-state index in [1.54, 1.807) is 43.1 Å². The molecule has 0 spiro atoms. The van der Waals surface area contributed by atoms with Crippen molar-refractivity contribution >= 4 is 52.2 Å². The van der Waals surface area contributed by atoms with Crippen molar-refractivity contribution < 1.29 is 23.9 Å².